The standard InChI is InChI=1S/C86H112N12O44/c99-21-45-55(107)59(111)71(123)83(135-45)139-75-49(25-103)131-79(67(119)63(75)115)95-17-37(87-91-95)29-127-41-9-1-33(2-10-41)53(34-3-11-42(12-4-34)128-30-38-18-96(92-88-38)80-68(120)64(116)76(50(26-104)132-80)140-84-72(124)60(112)56(108)46(22-100)136-84)54(35-5-13-43(14-6-35)129-31-39-19-97(93-89-39)81-69(121)65(117)77(51(27-105)133-81)141-85-73(125)61(113)57(109)47(23-101)137-85)36-7-15-44(16-8-36)130-32-40-20-98(94-90-40)82-70(122)66(118)78(52(28-106)134-82)142-86-74(126)62(114)58(110)48(24-102)138-86/h1-20,45-52,55-86,99-126H,21-32H2/t45-,46-,47-,48-,49-,50-,51-,52-,55+,56+,57+,58+,59+,60+,61+,62+,63-,64-,65-,66-,67-,68-,69-,70-,71-,72-,73-,74-,75-,76-,77-,78-,79-,80-,81-,82-,83+,84+,85+,86+/m1/s1. The first-order valence-corrected chi connectivity index (χ1v) is 44.9. The van der Waals surface area contributed by atoms with Crippen molar-refractivity contribution in [3.05, 3.63) is 167 Å². The van der Waals surface area contributed by atoms with Crippen LogP contribution in [0.3, 0.4) is 0 Å². The fraction of sp³-hybridized carbons (Fsp3) is 0.605. The van der Waals surface area contributed by atoms with Crippen molar-refractivity contribution in [1.82, 2.24) is 60.0 Å². The number of nitrogens with zero attached hydrogens (tertiary/aromatic N) is 12. The van der Waals surface area contributed by atoms with Crippen molar-refractivity contribution >= 4 is 11.1 Å². The molecule has 0 spiro atoms. The molecule has 40 atom stereocenters. The van der Waals surface area contributed by atoms with Gasteiger partial charge in [0.2, 0.25) is 0 Å². The van der Waals surface area contributed by atoms with Crippen LogP contribution in [0, 0.1) is 0 Å². The lowest BCUT2D eigenvalue weighted by molar-refractivity contribution is -0.347. The van der Waals surface area contributed by atoms with Crippen molar-refractivity contribution in [2.75, 3.05) is 52.9 Å². The van der Waals surface area contributed by atoms with Crippen LogP contribution in [0.4, 0.5) is 0 Å². The maximum absolute atomic E-state index is 11.5. The summed E-state index contributed by atoms with van der Waals surface area (Å²) >= 11 is 0. The molecule has 0 saturated carbocycles. The molecule has 12 heterocycles. The second kappa shape index (κ2) is 46.2. The Labute approximate surface area is 801 Å². The van der Waals surface area contributed by atoms with E-state index in [1.807, 2.05) is 0 Å². The molecule has 780 valence electrons. The van der Waals surface area contributed by atoms with Gasteiger partial charge in [0.05, 0.1) is 77.6 Å². The monoisotopic (exact) mass is 2020 g/mol. The predicted molar refractivity (Wildman–Crippen MR) is 455 cm³/mol. The molecule has 56 nitrogen and oxygen atoms in total. The van der Waals surface area contributed by atoms with Gasteiger partial charge in [-0.25, -0.2) is 18.7 Å². The van der Waals surface area contributed by atoms with E-state index in [0.717, 1.165) is 18.7 Å². The Kier molecular flexibility index (Phi) is 34.4. The number of ether oxygens (including phenoxy) is 16. The summed E-state index contributed by atoms with van der Waals surface area (Å²) in [5.74, 6) is 1.08. The van der Waals surface area contributed by atoms with E-state index in [1.165, 1.54) is 24.8 Å². The Morgan fingerprint density at radius 1 is 0.218 bits per heavy atom. The average Bonchev–Trinajstić information content (AvgIpc) is 1.79. The molecule has 0 radical (unpaired) electrons. The van der Waals surface area contributed by atoms with Crippen molar-refractivity contribution in [3.8, 4) is 23.0 Å². The number of aliphatic hydroxyl groups is 28. The van der Waals surface area contributed by atoms with Gasteiger partial charge in [0.25, 0.3) is 0 Å². The van der Waals surface area contributed by atoms with E-state index in [1.54, 1.807) is 97.1 Å². The largest absolute Gasteiger partial charge is 0.487 e. The van der Waals surface area contributed by atoms with Crippen molar-refractivity contribution in [3.63, 3.8) is 0 Å². The third-order valence-corrected chi connectivity index (χ3v) is 25.6. The van der Waals surface area contributed by atoms with Crippen LogP contribution >= 0.6 is 0 Å². The first-order chi connectivity index (χ1) is 68.3. The van der Waals surface area contributed by atoms with Crippen LogP contribution in [0.25, 0.3) is 11.1 Å². The molecule has 0 bridgehead atoms. The highest BCUT2D eigenvalue weighted by molar-refractivity contribution is 6.04. The minimum Gasteiger partial charge on any atom is -0.487 e. The molecule has 4 aromatic carbocycles. The average molecular weight is 2020 g/mol. The summed E-state index contributed by atoms with van der Waals surface area (Å²) in [6.07, 6.45) is -62.7. The summed E-state index contributed by atoms with van der Waals surface area (Å²) in [6, 6.07) is 27.1. The molecule has 16 rings (SSSR count). The molecular formula is C86H112N12O44. The van der Waals surface area contributed by atoms with Crippen LogP contribution in [-0.2, 0) is 83.3 Å². The van der Waals surface area contributed by atoms with Gasteiger partial charge in [0.15, 0.2) is 50.1 Å². The van der Waals surface area contributed by atoms with Gasteiger partial charge in [-0.1, -0.05) is 69.4 Å². The SMILES string of the molecule is OC[C@H]1O[C@@H](O[C@H]2[C@H](O)[C@@H](O)[C@H](n3cc(COc4ccc(C(=C(c5ccc(OCc6cn([C@@H]7O[C@H](CO)[C@@H](O[C@@H]8O[C@H](CO)[C@H](O)[C@H](O)[C@H]8O)[C@H](O)[C@H]7O)nn6)cc5)c5ccc(OCc6cn([C@@H]7O[C@H](CO)[C@@H](O[C@@H]8O[C@H](CO)[C@H](O)[C@H](O)[C@H]8O)[C@H](O)[C@H]7O)nn6)cc5)c5ccc(OCc6cn([C@@H]7O[C@H](CO)[C@@H](O[C@@H]8O[C@H](CO)[C@H](O)[C@H](O)[C@H]8O)[C@H](O)[C@H]7O)nn6)cc5)cc4)nn3)O[C@@H]2CO)[C@H](O)[C@@H](O)[C@H]1O. The summed E-state index contributed by atoms with van der Waals surface area (Å²) in [4.78, 5) is 0. The molecule has 8 saturated heterocycles. The number of aliphatic hydroxyl groups excluding tert-OH is 28. The molecule has 0 amide bonds. The lowest BCUT2D eigenvalue weighted by Crippen LogP contribution is -2.63. The molecule has 28 N–H and O–H groups in total. The van der Waals surface area contributed by atoms with Crippen molar-refractivity contribution in [1.29, 1.82) is 0 Å². The summed E-state index contributed by atoms with van der Waals surface area (Å²) in [5, 5.41) is 331. The van der Waals surface area contributed by atoms with Crippen molar-refractivity contribution in [2.24, 2.45) is 0 Å². The summed E-state index contributed by atoms with van der Waals surface area (Å²) in [7, 11) is 0. The highest BCUT2D eigenvalue weighted by Crippen LogP contribution is 2.43. The highest BCUT2D eigenvalue weighted by atomic mass is 16.8. The number of hydrogen-bond acceptors (Lipinski definition) is 52. The molecule has 4 aromatic heterocycles. The molecule has 8 fully saturated rings. The van der Waals surface area contributed by atoms with Crippen LogP contribution in [0.5, 0.6) is 23.0 Å². The number of benzene rings is 4. The first kappa shape index (κ1) is 106. The molecule has 56 heteroatoms. The quantitative estimate of drug-likeness (QED) is 0.0162. The van der Waals surface area contributed by atoms with E-state index in [2.05, 4.69) is 41.2 Å². The Morgan fingerprint density at radius 3 is 0.577 bits per heavy atom. The predicted octanol–water partition coefficient (Wildman–Crippen LogP) is -13.4. The lowest BCUT2D eigenvalue weighted by Gasteiger charge is -2.45. The Balaban J connectivity index is 0.675. The van der Waals surface area contributed by atoms with Crippen LogP contribution in [-0.4, -0.2) is 476 Å². The Morgan fingerprint density at radius 2 is 0.401 bits per heavy atom. The maximum Gasteiger partial charge on any atom is 0.187 e. The van der Waals surface area contributed by atoms with Crippen molar-refractivity contribution in [2.45, 2.75) is 272 Å². The minimum absolute atomic E-state index is 0.161. The van der Waals surface area contributed by atoms with E-state index < -0.39 is 298 Å². The summed E-state index contributed by atoms with van der Waals surface area (Å²) < 4.78 is 97.8. The van der Waals surface area contributed by atoms with Crippen LogP contribution in [0.2, 0.25) is 0 Å². The molecule has 0 aliphatic carbocycles. The van der Waals surface area contributed by atoms with Gasteiger partial charge >= 0.3 is 0 Å². The fourth-order valence-electron chi connectivity index (χ4n) is 17.6. The van der Waals surface area contributed by atoms with Crippen LogP contribution in [0.15, 0.2) is 122 Å². The Bertz CT molecular complexity index is 4700. The molecular weight excluding hydrogens is 1900 g/mol. The van der Waals surface area contributed by atoms with E-state index in [9.17, 15) is 143 Å². The van der Waals surface area contributed by atoms with Gasteiger partial charge in [0, 0.05) is 0 Å². The van der Waals surface area contributed by atoms with Gasteiger partial charge in [-0.3, -0.25) is 0 Å². The van der Waals surface area contributed by atoms with E-state index in [-0.39, 0.29) is 72.2 Å². The van der Waals surface area contributed by atoms with Crippen molar-refractivity contribution < 1.29 is 219 Å². The number of hydrogen-bond donors (Lipinski definition) is 28. The van der Waals surface area contributed by atoms with Crippen LogP contribution in [0.1, 0.15) is 69.9 Å². The van der Waals surface area contributed by atoms with Gasteiger partial charge in [-0.05, 0) is 81.9 Å². The normalized spacial score (nSPS) is 37.8. The van der Waals surface area contributed by atoms with Gasteiger partial charge in [-0.2, -0.15) is 0 Å². The first-order valence-electron chi connectivity index (χ1n) is 44.9. The summed E-state index contributed by atoms with van der Waals surface area (Å²) in [5.41, 5.74) is 3.86. The summed E-state index contributed by atoms with van der Waals surface area (Å²) in [6.45, 7) is -7.64. The van der Waals surface area contributed by atoms with Gasteiger partial charge in [0.1, 0.15) is 268 Å². The second-order valence-corrected chi connectivity index (χ2v) is 34.9. The molecule has 8 aliphatic rings. The highest BCUT2D eigenvalue weighted by Gasteiger charge is 2.57. The molecule has 8 aliphatic heterocycles. The Hall–Kier alpha value is -9.22. The zero-order valence-electron chi connectivity index (χ0n) is 74.5. The van der Waals surface area contributed by atoms with E-state index in [4.69, 9.17) is 75.8 Å². The van der Waals surface area contributed by atoms with Gasteiger partial charge < -0.3 is 219 Å². The van der Waals surface area contributed by atoms with Gasteiger partial charge in [-0.15, -0.1) is 20.4 Å². The molecule has 8 aromatic rings. The lowest BCUT2D eigenvalue weighted by atomic mass is 9.85. The van der Waals surface area contributed by atoms with Crippen LogP contribution < -0.4 is 18.9 Å². The second-order valence-electron chi connectivity index (χ2n) is 34.9. The minimum atomic E-state index is -1.91. The molecule has 0 unspecified atom stereocenters. The van der Waals surface area contributed by atoms with E-state index in [0.29, 0.717) is 33.4 Å². The topological polar surface area (TPSA) is 837 Å². The van der Waals surface area contributed by atoms with E-state index >= 15 is 0 Å². The fourth-order valence-corrected chi connectivity index (χ4v) is 17.6. The zero-order valence-corrected chi connectivity index (χ0v) is 74.5. The molecule has 142 heavy (non-hydrogen) atoms. The maximum atomic E-state index is 11.5. The third kappa shape index (κ3) is 22.2. The number of aromatic nitrogens is 12. The zero-order chi connectivity index (χ0) is 101. The third-order valence-electron chi connectivity index (χ3n) is 25.6. The smallest absolute Gasteiger partial charge is 0.187 e. The number of rotatable bonds is 36.